The summed E-state index contributed by atoms with van der Waals surface area (Å²) in [6, 6.07) is 14.2. The zero-order chi connectivity index (χ0) is 17.7. The van der Waals surface area contributed by atoms with Crippen LogP contribution in [0.5, 0.6) is 0 Å². The number of hydrogen-bond donors (Lipinski definition) is 1. The molecule has 0 saturated carbocycles. The Labute approximate surface area is 151 Å². The van der Waals surface area contributed by atoms with Crippen molar-refractivity contribution >= 4 is 40.7 Å². The van der Waals surface area contributed by atoms with Crippen LogP contribution in [0, 0.1) is 0 Å². The molecule has 1 atom stereocenters. The molecule has 4 nitrogen and oxygen atoms in total. The van der Waals surface area contributed by atoms with Crippen LogP contribution in [0.4, 0.5) is 5.69 Å². The topological polar surface area (TPSA) is 49.4 Å². The summed E-state index contributed by atoms with van der Waals surface area (Å²) in [6.07, 6.45) is 0. The fourth-order valence-electron chi connectivity index (χ4n) is 2.37. The summed E-state index contributed by atoms with van der Waals surface area (Å²) < 4.78 is 0. The predicted molar refractivity (Wildman–Crippen MR) is 97.3 cm³/mol. The van der Waals surface area contributed by atoms with Crippen molar-refractivity contribution in [1.82, 2.24) is 4.90 Å². The molecular formula is C18H18Cl2N2O2. The molecule has 0 aromatic heterocycles. The second-order valence-corrected chi connectivity index (χ2v) is 6.25. The lowest BCUT2D eigenvalue weighted by atomic mass is 10.1. The van der Waals surface area contributed by atoms with Crippen molar-refractivity contribution in [3.63, 3.8) is 0 Å². The second-order valence-electron chi connectivity index (χ2n) is 5.41. The van der Waals surface area contributed by atoms with Crippen LogP contribution in [0.15, 0.2) is 48.5 Å². The molecule has 2 aromatic rings. The minimum Gasteiger partial charge on any atom is -0.327 e. The van der Waals surface area contributed by atoms with Gasteiger partial charge in [-0.1, -0.05) is 53.5 Å². The molecule has 0 aliphatic carbocycles. The van der Waals surface area contributed by atoms with Gasteiger partial charge in [0.1, 0.15) is 6.54 Å². The number of amides is 2. The summed E-state index contributed by atoms with van der Waals surface area (Å²) in [5, 5.41) is 3.54. The van der Waals surface area contributed by atoms with Gasteiger partial charge in [-0.25, -0.2) is 0 Å². The Morgan fingerprint density at radius 3 is 2.38 bits per heavy atom. The highest BCUT2D eigenvalue weighted by atomic mass is 35.5. The molecule has 1 N–H and O–H groups in total. The van der Waals surface area contributed by atoms with Crippen LogP contribution in [0.1, 0.15) is 25.5 Å². The highest BCUT2D eigenvalue weighted by Gasteiger charge is 2.21. The van der Waals surface area contributed by atoms with Gasteiger partial charge in [-0.15, -0.1) is 0 Å². The van der Waals surface area contributed by atoms with Crippen molar-refractivity contribution in [2.45, 2.75) is 19.9 Å². The average molecular weight is 365 g/mol. The van der Waals surface area contributed by atoms with Crippen LogP contribution in [0.25, 0.3) is 0 Å². The van der Waals surface area contributed by atoms with E-state index in [0.29, 0.717) is 15.7 Å². The van der Waals surface area contributed by atoms with E-state index in [1.54, 1.807) is 18.2 Å². The molecule has 0 fully saturated rings. The van der Waals surface area contributed by atoms with Gasteiger partial charge in [0.15, 0.2) is 0 Å². The van der Waals surface area contributed by atoms with Crippen molar-refractivity contribution in [3.8, 4) is 0 Å². The Bertz CT molecular complexity index is 735. The smallest absolute Gasteiger partial charge is 0.244 e. The summed E-state index contributed by atoms with van der Waals surface area (Å²) in [5.41, 5.74) is 1.42. The number of nitrogens with one attached hydrogen (secondary N) is 1. The van der Waals surface area contributed by atoms with E-state index in [2.05, 4.69) is 5.32 Å². The van der Waals surface area contributed by atoms with Crippen LogP contribution >= 0.6 is 23.2 Å². The van der Waals surface area contributed by atoms with Gasteiger partial charge in [-0.05, 0) is 30.7 Å². The molecule has 0 spiro atoms. The summed E-state index contributed by atoms with van der Waals surface area (Å²) >= 11 is 11.9. The summed E-state index contributed by atoms with van der Waals surface area (Å²) in [7, 11) is 0. The number of benzene rings is 2. The largest absolute Gasteiger partial charge is 0.327 e. The van der Waals surface area contributed by atoms with Crippen molar-refractivity contribution in [2.75, 3.05) is 11.9 Å². The van der Waals surface area contributed by atoms with Crippen LogP contribution < -0.4 is 5.32 Å². The third-order valence-electron chi connectivity index (χ3n) is 3.67. The first-order valence-corrected chi connectivity index (χ1v) is 8.21. The lowest BCUT2D eigenvalue weighted by Gasteiger charge is -2.28. The minimum absolute atomic E-state index is 0.0651. The van der Waals surface area contributed by atoms with Crippen molar-refractivity contribution in [2.24, 2.45) is 0 Å². The molecule has 0 saturated heterocycles. The molecule has 1 unspecified atom stereocenters. The SMILES string of the molecule is CC(=O)N(CC(=O)Nc1ccc(Cl)cc1Cl)C(C)c1ccccc1. The summed E-state index contributed by atoms with van der Waals surface area (Å²) in [5.74, 6) is -0.499. The Hall–Kier alpha value is -2.04. The normalized spacial score (nSPS) is 11.7. The third-order valence-corrected chi connectivity index (χ3v) is 4.22. The highest BCUT2D eigenvalue weighted by molar-refractivity contribution is 6.36. The van der Waals surface area contributed by atoms with E-state index in [9.17, 15) is 9.59 Å². The number of rotatable bonds is 5. The van der Waals surface area contributed by atoms with Gasteiger partial charge >= 0.3 is 0 Å². The molecule has 2 amide bonds. The zero-order valence-electron chi connectivity index (χ0n) is 13.4. The maximum absolute atomic E-state index is 12.3. The number of carbonyl (C=O) groups excluding carboxylic acids is 2. The number of halogens is 2. The zero-order valence-corrected chi connectivity index (χ0v) is 14.9. The van der Waals surface area contributed by atoms with E-state index in [0.717, 1.165) is 5.56 Å². The predicted octanol–water partition coefficient (Wildman–Crippen LogP) is 4.54. The highest BCUT2D eigenvalue weighted by Crippen LogP contribution is 2.26. The Kier molecular flexibility index (Phi) is 6.23. The average Bonchev–Trinajstić information content (AvgIpc) is 2.55. The monoisotopic (exact) mass is 364 g/mol. The lowest BCUT2D eigenvalue weighted by molar-refractivity contribution is -0.134. The van der Waals surface area contributed by atoms with Crippen molar-refractivity contribution in [3.05, 3.63) is 64.1 Å². The van der Waals surface area contributed by atoms with Gasteiger partial charge in [-0.2, -0.15) is 0 Å². The molecule has 0 radical (unpaired) electrons. The number of hydrogen-bond acceptors (Lipinski definition) is 2. The van der Waals surface area contributed by atoms with E-state index in [1.807, 2.05) is 37.3 Å². The molecule has 126 valence electrons. The summed E-state index contributed by atoms with van der Waals surface area (Å²) in [4.78, 5) is 25.8. The molecule has 2 rings (SSSR count). The van der Waals surface area contributed by atoms with Crippen LogP contribution in [0.3, 0.4) is 0 Å². The Morgan fingerprint density at radius 1 is 1.12 bits per heavy atom. The summed E-state index contributed by atoms with van der Waals surface area (Å²) in [6.45, 7) is 3.27. The van der Waals surface area contributed by atoms with Crippen LogP contribution in [-0.4, -0.2) is 23.3 Å². The van der Waals surface area contributed by atoms with Gasteiger partial charge in [0, 0.05) is 11.9 Å². The molecule has 0 aliphatic rings. The molecule has 0 bridgehead atoms. The van der Waals surface area contributed by atoms with E-state index in [1.165, 1.54) is 11.8 Å². The Morgan fingerprint density at radius 2 is 1.79 bits per heavy atom. The third kappa shape index (κ3) is 4.73. The van der Waals surface area contributed by atoms with Gasteiger partial charge in [0.25, 0.3) is 0 Å². The fourth-order valence-corrected chi connectivity index (χ4v) is 2.82. The van der Waals surface area contributed by atoms with Crippen molar-refractivity contribution in [1.29, 1.82) is 0 Å². The standard InChI is InChI=1S/C18H18Cl2N2O2/c1-12(14-6-4-3-5-7-14)22(13(2)23)11-18(24)21-17-9-8-15(19)10-16(17)20/h3-10,12H,11H2,1-2H3,(H,21,24). The minimum atomic E-state index is -0.322. The maximum Gasteiger partial charge on any atom is 0.244 e. The Balaban J connectivity index is 2.10. The molecule has 0 aliphatic heterocycles. The van der Waals surface area contributed by atoms with Crippen LogP contribution in [-0.2, 0) is 9.59 Å². The first kappa shape index (κ1) is 18.3. The van der Waals surface area contributed by atoms with Crippen LogP contribution in [0.2, 0.25) is 10.0 Å². The van der Waals surface area contributed by atoms with Gasteiger partial charge in [0.2, 0.25) is 11.8 Å². The van der Waals surface area contributed by atoms with Gasteiger partial charge < -0.3 is 10.2 Å². The van der Waals surface area contributed by atoms with E-state index >= 15 is 0 Å². The molecule has 24 heavy (non-hydrogen) atoms. The number of nitrogens with zero attached hydrogens (tertiary/aromatic N) is 1. The fraction of sp³-hybridized carbons (Fsp3) is 0.222. The van der Waals surface area contributed by atoms with E-state index in [-0.39, 0.29) is 24.4 Å². The number of anilines is 1. The lowest BCUT2D eigenvalue weighted by Crippen LogP contribution is -2.38. The molecular weight excluding hydrogens is 347 g/mol. The first-order valence-electron chi connectivity index (χ1n) is 7.45. The van der Waals surface area contributed by atoms with Gasteiger partial charge in [-0.3, -0.25) is 9.59 Å². The molecule has 2 aromatic carbocycles. The number of carbonyl (C=O) groups is 2. The molecule has 6 heteroatoms. The van der Waals surface area contributed by atoms with E-state index < -0.39 is 0 Å². The quantitative estimate of drug-likeness (QED) is 0.846. The molecule has 0 heterocycles. The van der Waals surface area contributed by atoms with E-state index in [4.69, 9.17) is 23.2 Å². The van der Waals surface area contributed by atoms with Gasteiger partial charge in [0.05, 0.1) is 16.8 Å². The van der Waals surface area contributed by atoms with Crippen molar-refractivity contribution < 1.29 is 9.59 Å². The maximum atomic E-state index is 12.3. The second kappa shape index (κ2) is 8.18. The first-order chi connectivity index (χ1) is 11.4.